The standard InChI is InChI=1S/C11H21NO3S/c13-10-6-5-9(7-10)8-12-16(14,15)11-3-1-2-4-11/h9-13H,1-8H2. The van der Waals surface area contributed by atoms with Gasteiger partial charge in [-0.1, -0.05) is 12.8 Å². The van der Waals surface area contributed by atoms with E-state index in [1.807, 2.05) is 0 Å². The zero-order valence-corrected chi connectivity index (χ0v) is 10.4. The van der Waals surface area contributed by atoms with Gasteiger partial charge in [-0.25, -0.2) is 13.1 Å². The summed E-state index contributed by atoms with van der Waals surface area (Å²) in [7, 11) is -3.10. The van der Waals surface area contributed by atoms with Crippen molar-refractivity contribution < 1.29 is 13.5 Å². The van der Waals surface area contributed by atoms with Crippen molar-refractivity contribution in [3.8, 4) is 0 Å². The number of hydrogen-bond acceptors (Lipinski definition) is 3. The summed E-state index contributed by atoms with van der Waals surface area (Å²) in [6.45, 7) is 0.510. The monoisotopic (exact) mass is 247 g/mol. The summed E-state index contributed by atoms with van der Waals surface area (Å²) in [6.07, 6.45) is 5.96. The van der Waals surface area contributed by atoms with Crippen LogP contribution in [-0.4, -0.2) is 31.4 Å². The molecule has 2 saturated carbocycles. The maximum absolute atomic E-state index is 11.9. The molecular weight excluding hydrogens is 226 g/mol. The maximum atomic E-state index is 11.9. The van der Waals surface area contributed by atoms with Crippen LogP contribution in [0.3, 0.4) is 0 Å². The number of hydrogen-bond donors (Lipinski definition) is 2. The van der Waals surface area contributed by atoms with Gasteiger partial charge in [0, 0.05) is 6.54 Å². The predicted molar refractivity (Wildman–Crippen MR) is 62.5 cm³/mol. The van der Waals surface area contributed by atoms with Crippen LogP contribution in [0.25, 0.3) is 0 Å². The lowest BCUT2D eigenvalue weighted by molar-refractivity contribution is 0.178. The van der Waals surface area contributed by atoms with Crippen LogP contribution in [0.5, 0.6) is 0 Å². The number of aliphatic hydroxyl groups excluding tert-OH is 1. The maximum Gasteiger partial charge on any atom is 0.214 e. The third-order valence-electron chi connectivity index (χ3n) is 3.83. The van der Waals surface area contributed by atoms with Crippen LogP contribution in [0.4, 0.5) is 0 Å². The molecule has 0 radical (unpaired) electrons. The van der Waals surface area contributed by atoms with Gasteiger partial charge in [0.2, 0.25) is 10.0 Å². The summed E-state index contributed by atoms with van der Waals surface area (Å²) in [5, 5.41) is 9.20. The first kappa shape index (κ1) is 12.3. The minimum atomic E-state index is -3.10. The van der Waals surface area contributed by atoms with Crippen LogP contribution in [-0.2, 0) is 10.0 Å². The molecule has 0 saturated heterocycles. The highest BCUT2D eigenvalue weighted by molar-refractivity contribution is 7.90. The Hall–Kier alpha value is -0.130. The summed E-state index contributed by atoms with van der Waals surface area (Å²) in [5.41, 5.74) is 0. The zero-order valence-electron chi connectivity index (χ0n) is 9.56. The third-order valence-corrected chi connectivity index (χ3v) is 5.75. The molecule has 0 heterocycles. The van der Waals surface area contributed by atoms with Crippen LogP contribution in [0.15, 0.2) is 0 Å². The lowest BCUT2D eigenvalue weighted by atomic mass is 10.1. The average molecular weight is 247 g/mol. The first-order valence-electron chi connectivity index (χ1n) is 6.24. The minimum absolute atomic E-state index is 0.168. The second kappa shape index (κ2) is 5.02. The Balaban J connectivity index is 1.80. The summed E-state index contributed by atoms with van der Waals surface area (Å²) >= 11 is 0. The van der Waals surface area contributed by atoms with E-state index in [0.29, 0.717) is 12.5 Å². The molecule has 0 bridgehead atoms. The van der Waals surface area contributed by atoms with Crippen LogP contribution in [0.2, 0.25) is 0 Å². The predicted octanol–water partition coefficient (Wildman–Crippen LogP) is 1.01. The summed E-state index contributed by atoms with van der Waals surface area (Å²) in [4.78, 5) is 0. The molecule has 0 aromatic carbocycles. The van der Waals surface area contributed by atoms with Crippen molar-refractivity contribution in [3.63, 3.8) is 0 Å². The number of nitrogens with one attached hydrogen (secondary N) is 1. The van der Waals surface area contributed by atoms with Gasteiger partial charge in [0.15, 0.2) is 0 Å². The quantitative estimate of drug-likeness (QED) is 0.779. The van der Waals surface area contributed by atoms with Gasteiger partial charge in [-0.15, -0.1) is 0 Å². The fourth-order valence-corrected chi connectivity index (χ4v) is 4.44. The van der Waals surface area contributed by atoms with Crippen LogP contribution in [0, 0.1) is 5.92 Å². The van der Waals surface area contributed by atoms with Gasteiger partial charge in [0.25, 0.3) is 0 Å². The van der Waals surface area contributed by atoms with E-state index < -0.39 is 10.0 Å². The second-order valence-corrected chi connectivity index (χ2v) is 7.18. The van der Waals surface area contributed by atoms with Crippen LogP contribution >= 0.6 is 0 Å². The van der Waals surface area contributed by atoms with Crippen molar-refractivity contribution in [2.75, 3.05) is 6.54 Å². The van der Waals surface area contributed by atoms with Gasteiger partial charge in [-0.3, -0.25) is 0 Å². The van der Waals surface area contributed by atoms with Crippen molar-refractivity contribution in [1.82, 2.24) is 4.72 Å². The Labute approximate surface area is 97.5 Å². The van der Waals surface area contributed by atoms with Crippen molar-refractivity contribution in [2.24, 2.45) is 5.92 Å². The van der Waals surface area contributed by atoms with E-state index in [-0.39, 0.29) is 11.4 Å². The van der Waals surface area contributed by atoms with Gasteiger partial charge < -0.3 is 5.11 Å². The van der Waals surface area contributed by atoms with Gasteiger partial charge >= 0.3 is 0 Å². The van der Waals surface area contributed by atoms with E-state index in [2.05, 4.69) is 4.72 Å². The fourth-order valence-electron chi connectivity index (χ4n) is 2.78. The molecule has 4 nitrogen and oxygen atoms in total. The molecule has 2 aliphatic rings. The number of rotatable bonds is 4. The van der Waals surface area contributed by atoms with E-state index in [0.717, 1.165) is 44.9 Å². The van der Waals surface area contributed by atoms with Gasteiger partial charge in [-0.05, 0) is 38.0 Å². The van der Waals surface area contributed by atoms with E-state index in [4.69, 9.17) is 0 Å². The Kier molecular flexibility index (Phi) is 3.87. The highest BCUT2D eigenvalue weighted by Gasteiger charge is 2.30. The minimum Gasteiger partial charge on any atom is -0.393 e. The zero-order chi connectivity index (χ0) is 11.6. The van der Waals surface area contributed by atoms with Crippen molar-refractivity contribution in [2.45, 2.75) is 56.3 Å². The van der Waals surface area contributed by atoms with Crippen molar-refractivity contribution in [1.29, 1.82) is 0 Å². The number of sulfonamides is 1. The lowest BCUT2D eigenvalue weighted by Gasteiger charge is -2.15. The molecule has 5 heteroatoms. The number of aliphatic hydroxyl groups is 1. The van der Waals surface area contributed by atoms with E-state index in [9.17, 15) is 13.5 Å². The molecule has 0 spiro atoms. The van der Waals surface area contributed by atoms with Gasteiger partial charge in [0.05, 0.1) is 11.4 Å². The molecule has 2 aliphatic carbocycles. The Morgan fingerprint density at radius 1 is 1.12 bits per heavy atom. The summed E-state index contributed by atoms with van der Waals surface area (Å²) < 4.78 is 26.5. The van der Waals surface area contributed by atoms with E-state index in [1.54, 1.807) is 0 Å². The third kappa shape index (κ3) is 2.96. The lowest BCUT2D eigenvalue weighted by Crippen LogP contribution is -2.35. The first-order chi connectivity index (χ1) is 7.58. The fraction of sp³-hybridized carbons (Fsp3) is 1.00. The van der Waals surface area contributed by atoms with Crippen LogP contribution in [0.1, 0.15) is 44.9 Å². The van der Waals surface area contributed by atoms with E-state index >= 15 is 0 Å². The molecule has 0 aliphatic heterocycles. The molecule has 0 amide bonds. The second-order valence-electron chi connectivity index (χ2n) is 5.13. The molecule has 0 aromatic heterocycles. The molecule has 2 rings (SSSR count). The van der Waals surface area contributed by atoms with E-state index in [1.165, 1.54) is 0 Å². The molecule has 2 atom stereocenters. The summed E-state index contributed by atoms with van der Waals surface area (Å²) in [6, 6.07) is 0. The normalized spacial score (nSPS) is 32.3. The molecular formula is C11H21NO3S. The van der Waals surface area contributed by atoms with Gasteiger partial charge in [0.1, 0.15) is 0 Å². The Bertz CT molecular complexity index is 322. The van der Waals surface area contributed by atoms with Crippen LogP contribution < -0.4 is 4.72 Å². The topological polar surface area (TPSA) is 66.4 Å². The highest BCUT2D eigenvalue weighted by Crippen LogP contribution is 2.27. The Morgan fingerprint density at radius 3 is 2.38 bits per heavy atom. The summed E-state index contributed by atoms with van der Waals surface area (Å²) in [5.74, 6) is 0.325. The Morgan fingerprint density at radius 2 is 1.81 bits per heavy atom. The SMILES string of the molecule is O=S(=O)(NCC1CCC(O)C1)C1CCCC1. The largest absolute Gasteiger partial charge is 0.393 e. The molecule has 94 valence electrons. The van der Waals surface area contributed by atoms with Crippen molar-refractivity contribution in [3.05, 3.63) is 0 Å². The molecule has 16 heavy (non-hydrogen) atoms. The first-order valence-corrected chi connectivity index (χ1v) is 7.79. The average Bonchev–Trinajstić information content (AvgIpc) is 2.85. The smallest absolute Gasteiger partial charge is 0.214 e. The highest BCUT2D eigenvalue weighted by atomic mass is 32.2. The molecule has 2 N–H and O–H groups in total. The van der Waals surface area contributed by atoms with Crippen molar-refractivity contribution >= 4 is 10.0 Å². The van der Waals surface area contributed by atoms with Gasteiger partial charge in [-0.2, -0.15) is 0 Å². The molecule has 2 fully saturated rings. The molecule has 0 aromatic rings. The molecule has 2 unspecified atom stereocenters.